The zero-order valence-corrected chi connectivity index (χ0v) is 14.6. The van der Waals surface area contributed by atoms with Crippen molar-refractivity contribution < 1.29 is 4.79 Å². The Balaban J connectivity index is 1.69. The number of anilines is 1. The van der Waals surface area contributed by atoms with Gasteiger partial charge < -0.3 is 5.32 Å². The number of nitrogens with zero attached hydrogens (tertiary/aromatic N) is 1. The van der Waals surface area contributed by atoms with Crippen LogP contribution in [0.4, 0.5) is 5.69 Å². The van der Waals surface area contributed by atoms with Crippen LogP contribution in [0, 0.1) is 13.8 Å². The minimum absolute atomic E-state index is 0.0358. The number of nitrogens with one attached hydrogen (secondary N) is 1. The molecule has 1 saturated heterocycles. The molecular formula is C21H26N2O. The van der Waals surface area contributed by atoms with Crippen LogP contribution in [0.25, 0.3) is 0 Å². The van der Waals surface area contributed by atoms with Crippen LogP contribution in [0.3, 0.4) is 0 Å². The van der Waals surface area contributed by atoms with E-state index in [0.29, 0.717) is 0 Å². The van der Waals surface area contributed by atoms with Gasteiger partial charge in [0.25, 0.3) is 5.91 Å². The molecule has 0 saturated carbocycles. The molecular weight excluding hydrogens is 296 g/mol. The highest BCUT2D eigenvalue weighted by Crippen LogP contribution is 2.18. The molecule has 1 aliphatic rings. The van der Waals surface area contributed by atoms with Gasteiger partial charge in [0.15, 0.2) is 0 Å². The first kappa shape index (κ1) is 16.7. The Labute approximate surface area is 144 Å². The first-order valence-electron chi connectivity index (χ1n) is 8.82. The van der Waals surface area contributed by atoms with Crippen molar-refractivity contribution in [2.75, 3.05) is 18.4 Å². The van der Waals surface area contributed by atoms with Crippen LogP contribution >= 0.6 is 0 Å². The molecule has 2 aromatic carbocycles. The Bertz CT molecular complexity index is 718. The van der Waals surface area contributed by atoms with Crippen molar-refractivity contribution in [1.29, 1.82) is 0 Å². The van der Waals surface area contributed by atoms with Gasteiger partial charge in [0, 0.05) is 17.8 Å². The first-order chi connectivity index (χ1) is 11.6. The molecule has 3 heteroatoms. The molecule has 126 valence electrons. The van der Waals surface area contributed by atoms with Gasteiger partial charge in [-0.05, 0) is 69.1 Å². The maximum Gasteiger partial charge on any atom is 0.255 e. The highest BCUT2D eigenvalue weighted by molar-refractivity contribution is 6.05. The number of carbonyl (C=O) groups is 1. The lowest BCUT2D eigenvalue weighted by atomic mass is 10.0. The van der Waals surface area contributed by atoms with E-state index in [4.69, 9.17) is 0 Å². The van der Waals surface area contributed by atoms with Gasteiger partial charge in [0.1, 0.15) is 0 Å². The SMILES string of the molecule is Cc1ccc(C)c(C(=O)Nc2cccc(CN3CCCCC3)c2)c1. The van der Waals surface area contributed by atoms with Gasteiger partial charge in [-0.15, -0.1) is 0 Å². The summed E-state index contributed by atoms with van der Waals surface area (Å²) in [6.07, 6.45) is 3.94. The molecule has 0 bridgehead atoms. The van der Waals surface area contributed by atoms with Crippen LogP contribution in [0.1, 0.15) is 46.3 Å². The molecule has 3 rings (SSSR count). The van der Waals surface area contributed by atoms with Crippen LogP contribution in [0.2, 0.25) is 0 Å². The molecule has 24 heavy (non-hydrogen) atoms. The predicted molar refractivity (Wildman–Crippen MR) is 99.4 cm³/mol. The molecule has 0 radical (unpaired) electrons. The summed E-state index contributed by atoms with van der Waals surface area (Å²) in [5, 5.41) is 3.05. The maximum absolute atomic E-state index is 12.6. The van der Waals surface area contributed by atoms with E-state index in [-0.39, 0.29) is 5.91 Å². The number of hydrogen-bond donors (Lipinski definition) is 1. The fourth-order valence-electron chi connectivity index (χ4n) is 3.30. The van der Waals surface area contributed by atoms with E-state index in [0.717, 1.165) is 28.9 Å². The van der Waals surface area contributed by atoms with Gasteiger partial charge in [-0.3, -0.25) is 9.69 Å². The fraction of sp³-hybridized carbons (Fsp3) is 0.381. The number of likely N-dealkylation sites (tertiary alicyclic amines) is 1. The van der Waals surface area contributed by atoms with E-state index in [2.05, 4.69) is 22.3 Å². The van der Waals surface area contributed by atoms with Gasteiger partial charge in [-0.2, -0.15) is 0 Å². The lowest BCUT2D eigenvalue weighted by Gasteiger charge is -2.26. The fourth-order valence-corrected chi connectivity index (χ4v) is 3.30. The molecule has 1 fully saturated rings. The summed E-state index contributed by atoms with van der Waals surface area (Å²) in [7, 11) is 0. The third-order valence-corrected chi connectivity index (χ3v) is 4.68. The van der Waals surface area contributed by atoms with E-state index in [1.54, 1.807) is 0 Å². The maximum atomic E-state index is 12.6. The molecule has 1 N–H and O–H groups in total. The number of aryl methyl sites for hydroxylation is 2. The highest BCUT2D eigenvalue weighted by Gasteiger charge is 2.12. The van der Waals surface area contributed by atoms with Crippen molar-refractivity contribution in [3.63, 3.8) is 0 Å². The van der Waals surface area contributed by atoms with Crippen LogP contribution in [-0.4, -0.2) is 23.9 Å². The van der Waals surface area contributed by atoms with Crippen molar-refractivity contribution >= 4 is 11.6 Å². The predicted octanol–water partition coefficient (Wildman–Crippen LogP) is 4.54. The number of carbonyl (C=O) groups excluding carboxylic acids is 1. The summed E-state index contributed by atoms with van der Waals surface area (Å²) in [5.74, 6) is -0.0358. The number of benzene rings is 2. The summed E-state index contributed by atoms with van der Waals surface area (Å²) in [5.41, 5.74) is 4.98. The molecule has 0 spiro atoms. The van der Waals surface area contributed by atoms with Crippen molar-refractivity contribution in [2.45, 2.75) is 39.7 Å². The summed E-state index contributed by atoms with van der Waals surface area (Å²) in [6, 6.07) is 14.2. The van der Waals surface area contributed by atoms with E-state index in [1.807, 2.05) is 44.2 Å². The summed E-state index contributed by atoms with van der Waals surface area (Å²) in [4.78, 5) is 15.1. The molecule has 0 unspecified atom stereocenters. The second-order valence-corrected chi connectivity index (χ2v) is 6.81. The van der Waals surface area contributed by atoms with E-state index < -0.39 is 0 Å². The Hall–Kier alpha value is -2.13. The third-order valence-electron chi connectivity index (χ3n) is 4.68. The van der Waals surface area contributed by atoms with Crippen molar-refractivity contribution in [2.24, 2.45) is 0 Å². The Kier molecular flexibility index (Phi) is 5.31. The normalized spacial score (nSPS) is 15.2. The smallest absolute Gasteiger partial charge is 0.255 e. The standard InChI is InChI=1S/C21H26N2O/c1-16-9-10-17(2)20(13-16)21(24)22-19-8-6-7-18(14-19)15-23-11-4-3-5-12-23/h6-10,13-14H,3-5,11-12,15H2,1-2H3,(H,22,24). The van der Waals surface area contributed by atoms with Crippen molar-refractivity contribution in [1.82, 2.24) is 4.90 Å². The molecule has 3 nitrogen and oxygen atoms in total. The number of rotatable bonds is 4. The zero-order valence-electron chi connectivity index (χ0n) is 14.6. The van der Waals surface area contributed by atoms with Gasteiger partial charge >= 0.3 is 0 Å². The van der Waals surface area contributed by atoms with E-state index in [1.165, 1.54) is 37.9 Å². The number of hydrogen-bond acceptors (Lipinski definition) is 2. The molecule has 1 heterocycles. The monoisotopic (exact) mass is 322 g/mol. The Morgan fingerprint density at radius 2 is 1.83 bits per heavy atom. The summed E-state index contributed by atoms with van der Waals surface area (Å²) in [6.45, 7) is 7.31. The molecule has 2 aromatic rings. The zero-order chi connectivity index (χ0) is 16.9. The van der Waals surface area contributed by atoms with Crippen molar-refractivity contribution in [3.05, 3.63) is 64.7 Å². The van der Waals surface area contributed by atoms with Gasteiger partial charge in [-0.25, -0.2) is 0 Å². The van der Waals surface area contributed by atoms with Gasteiger partial charge in [-0.1, -0.05) is 36.2 Å². The Morgan fingerprint density at radius 3 is 2.62 bits per heavy atom. The largest absolute Gasteiger partial charge is 0.322 e. The van der Waals surface area contributed by atoms with E-state index in [9.17, 15) is 4.79 Å². The summed E-state index contributed by atoms with van der Waals surface area (Å²) < 4.78 is 0. The van der Waals surface area contributed by atoms with Crippen molar-refractivity contribution in [3.8, 4) is 0 Å². The average Bonchev–Trinajstić information content (AvgIpc) is 2.58. The molecule has 0 aromatic heterocycles. The molecule has 1 amide bonds. The minimum atomic E-state index is -0.0358. The number of amides is 1. The highest BCUT2D eigenvalue weighted by atomic mass is 16.1. The first-order valence-corrected chi connectivity index (χ1v) is 8.82. The molecule has 0 atom stereocenters. The quantitative estimate of drug-likeness (QED) is 0.896. The Morgan fingerprint density at radius 1 is 1.04 bits per heavy atom. The topological polar surface area (TPSA) is 32.3 Å². The minimum Gasteiger partial charge on any atom is -0.322 e. The van der Waals surface area contributed by atoms with Crippen LogP contribution < -0.4 is 5.32 Å². The lowest BCUT2D eigenvalue weighted by Crippen LogP contribution is -2.29. The third kappa shape index (κ3) is 4.24. The van der Waals surface area contributed by atoms with Gasteiger partial charge in [0.05, 0.1) is 0 Å². The van der Waals surface area contributed by atoms with Crippen LogP contribution in [-0.2, 0) is 6.54 Å². The summed E-state index contributed by atoms with van der Waals surface area (Å²) >= 11 is 0. The second-order valence-electron chi connectivity index (χ2n) is 6.81. The number of piperidine rings is 1. The van der Waals surface area contributed by atoms with E-state index >= 15 is 0 Å². The average molecular weight is 322 g/mol. The lowest BCUT2D eigenvalue weighted by molar-refractivity contribution is 0.102. The van der Waals surface area contributed by atoms with Crippen LogP contribution in [0.15, 0.2) is 42.5 Å². The molecule has 1 aliphatic heterocycles. The molecule has 0 aliphatic carbocycles. The van der Waals surface area contributed by atoms with Crippen LogP contribution in [0.5, 0.6) is 0 Å². The van der Waals surface area contributed by atoms with Gasteiger partial charge in [0.2, 0.25) is 0 Å². The second kappa shape index (κ2) is 7.63.